The smallest absolute Gasteiger partial charge is 0.224 e. The van der Waals surface area contributed by atoms with Crippen molar-refractivity contribution in [2.24, 2.45) is 0 Å². The Bertz CT molecular complexity index is 1020. The fourth-order valence-electron chi connectivity index (χ4n) is 3.23. The Morgan fingerprint density at radius 3 is 2.70 bits per heavy atom. The molecule has 1 aliphatic rings. The highest BCUT2D eigenvalue weighted by Gasteiger charge is 2.18. The zero-order chi connectivity index (χ0) is 20.9. The molecular formula is C20H22ClN5O3S. The summed E-state index contributed by atoms with van der Waals surface area (Å²) in [5.74, 6) is 1.73. The van der Waals surface area contributed by atoms with E-state index < -0.39 is 10.8 Å². The summed E-state index contributed by atoms with van der Waals surface area (Å²) < 4.78 is 25.5. The van der Waals surface area contributed by atoms with E-state index in [0.29, 0.717) is 30.6 Å². The number of imidazole rings is 1. The Hall–Kier alpha value is -2.49. The van der Waals surface area contributed by atoms with Crippen LogP contribution in [0.1, 0.15) is 11.3 Å². The molecule has 10 heteroatoms. The van der Waals surface area contributed by atoms with Crippen molar-refractivity contribution in [2.75, 3.05) is 38.3 Å². The fraction of sp³-hybridized carbons (Fsp3) is 0.350. The quantitative estimate of drug-likeness (QED) is 0.514. The van der Waals surface area contributed by atoms with Crippen molar-refractivity contribution >= 4 is 28.2 Å². The van der Waals surface area contributed by atoms with Gasteiger partial charge in [-0.1, -0.05) is 12.1 Å². The Labute approximate surface area is 182 Å². The van der Waals surface area contributed by atoms with E-state index in [1.54, 1.807) is 13.3 Å². The molecule has 0 aliphatic carbocycles. The van der Waals surface area contributed by atoms with E-state index in [0.717, 1.165) is 30.2 Å². The SMILES string of the molecule is COc1ccc(Cn2ccnc2S(=O)Cc2cc(N3CCOCC3)nc(Cl)n2)cc1. The third kappa shape index (κ3) is 4.97. The second-order valence-corrected chi connectivity index (χ2v) is 8.44. The summed E-state index contributed by atoms with van der Waals surface area (Å²) >= 11 is 6.13. The van der Waals surface area contributed by atoms with Crippen molar-refractivity contribution in [3.8, 4) is 5.75 Å². The minimum Gasteiger partial charge on any atom is -0.497 e. The van der Waals surface area contributed by atoms with Crippen LogP contribution >= 0.6 is 11.6 Å². The first kappa shape index (κ1) is 20.8. The molecule has 0 bridgehead atoms. The van der Waals surface area contributed by atoms with Gasteiger partial charge in [0, 0.05) is 38.1 Å². The predicted molar refractivity (Wildman–Crippen MR) is 115 cm³/mol. The van der Waals surface area contributed by atoms with E-state index >= 15 is 0 Å². The fourth-order valence-corrected chi connectivity index (χ4v) is 4.54. The molecule has 0 spiro atoms. The highest BCUT2D eigenvalue weighted by molar-refractivity contribution is 7.84. The number of benzene rings is 1. The lowest BCUT2D eigenvalue weighted by Gasteiger charge is -2.27. The zero-order valence-corrected chi connectivity index (χ0v) is 18.1. The highest BCUT2D eigenvalue weighted by Crippen LogP contribution is 2.20. The average Bonchev–Trinajstić information content (AvgIpc) is 3.23. The van der Waals surface area contributed by atoms with Crippen LogP contribution in [0.2, 0.25) is 5.28 Å². The molecule has 1 saturated heterocycles. The van der Waals surface area contributed by atoms with Crippen LogP contribution in [0.25, 0.3) is 0 Å². The lowest BCUT2D eigenvalue weighted by atomic mass is 10.2. The van der Waals surface area contributed by atoms with Crippen LogP contribution in [0, 0.1) is 0 Å². The third-order valence-corrected chi connectivity index (χ3v) is 6.22. The molecule has 1 atom stereocenters. The summed E-state index contributed by atoms with van der Waals surface area (Å²) in [6.07, 6.45) is 3.48. The molecule has 30 heavy (non-hydrogen) atoms. The molecule has 3 heterocycles. The number of halogens is 1. The van der Waals surface area contributed by atoms with Crippen molar-refractivity contribution < 1.29 is 13.7 Å². The van der Waals surface area contributed by atoms with Crippen LogP contribution in [-0.4, -0.2) is 57.1 Å². The second-order valence-electron chi connectivity index (χ2n) is 6.76. The van der Waals surface area contributed by atoms with Gasteiger partial charge in [0.2, 0.25) is 5.28 Å². The van der Waals surface area contributed by atoms with Crippen molar-refractivity contribution in [1.29, 1.82) is 0 Å². The highest BCUT2D eigenvalue weighted by atomic mass is 35.5. The first-order chi connectivity index (χ1) is 14.6. The predicted octanol–water partition coefficient (Wildman–Crippen LogP) is 2.53. The maximum atomic E-state index is 13.1. The number of rotatable bonds is 7. The van der Waals surface area contributed by atoms with Crippen LogP contribution in [0.5, 0.6) is 5.75 Å². The summed E-state index contributed by atoms with van der Waals surface area (Å²) in [4.78, 5) is 15.0. The molecule has 1 aliphatic heterocycles. The maximum Gasteiger partial charge on any atom is 0.224 e. The number of methoxy groups -OCH3 is 1. The minimum absolute atomic E-state index is 0.146. The van der Waals surface area contributed by atoms with E-state index in [1.807, 2.05) is 41.1 Å². The lowest BCUT2D eigenvalue weighted by Crippen LogP contribution is -2.36. The van der Waals surface area contributed by atoms with Gasteiger partial charge in [0.15, 0.2) is 5.16 Å². The number of anilines is 1. The van der Waals surface area contributed by atoms with Gasteiger partial charge in [-0.15, -0.1) is 0 Å². The zero-order valence-electron chi connectivity index (χ0n) is 16.5. The maximum absolute atomic E-state index is 13.1. The molecule has 2 aromatic heterocycles. The molecule has 1 unspecified atom stereocenters. The molecule has 0 saturated carbocycles. The van der Waals surface area contributed by atoms with Gasteiger partial charge in [0.05, 0.1) is 42.6 Å². The Morgan fingerprint density at radius 2 is 1.97 bits per heavy atom. The van der Waals surface area contributed by atoms with Gasteiger partial charge in [0.1, 0.15) is 11.6 Å². The number of ether oxygens (including phenoxy) is 2. The van der Waals surface area contributed by atoms with Gasteiger partial charge in [-0.05, 0) is 29.3 Å². The number of aromatic nitrogens is 4. The first-order valence-corrected chi connectivity index (χ1v) is 11.2. The number of hydrogen-bond donors (Lipinski definition) is 0. The summed E-state index contributed by atoms with van der Waals surface area (Å²) in [7, 11) is 0.254. The van der Waals surface area contributed by atoms with E-state index in [1.165, 1.54) is 0 Å². The normalized spacial score (nSPS) is 15.2. The van der Waals surface area contributed by atoms with Crippen LogP contribution in [0.4, 0.5) is 5.82 Å². The Balaban J connectivity index is 1.49. The number of hydrogen-bond acceptors (Lipinski definition) is 7. The van der Waals surface area contributed by atoms with Gasteiger partial charge in [-0.25, -0.2) is 15.0 Å². The summed E-state index contributed by atoms with van der Waals surface area (Å²) in [5, 5.41) is 0.640. The van der Waals surface area contributed by atoms with Crippen LogP contribution in [0.3, 0.4) is 0 Å². The van der Waals surface area contributed by atoms with E-state index in [4.69, 9.17) is 21.1 Å². The van der Waals surface area contributed by atoms with E-state index in [2.05, 4.69) is 19.9 Å². The molecular weight excluding hydrogens is 426 g/mol. The number of morpholine rings is 1. The molecule has 3 aromatic rings. The largest absolute Gasteiger partial charge is 0.497 e. The molecule has 4 rings (SSSR count). The first-order valence-electron chi connectivity index (χ1n) is 9.51. The number of nitrogens with zero attached hydrogens (tertiary/aromatic N) is 5. The van der Waals surface area contributed by atoms with Gasteiger partial charge >= 0.3 is 0 Å². The molecule has 158 valence electrons. The third-order valence-electron chi connectivity index (χ3n) is 4.75. The topological polar surface area (TPSA) is 82.4 Å². The second kappa shape index (κ2) is 9.55. The van der Waals surface area contributed by atoms with Gasteiger partial charge in [-0.3, -0.25) is 4.21 Å². The Morgan fingerprint density at radius 1 is 1.20 bits per heavy atom. The van der Waals surface area contributed by atoms with Crippen molar-refractivity contribution in [1.82, 2.24) is 19.5 Å². The van der Waals surface area contributed by atoms with Crippen molar-refractivity contribution in [3.63, 3.8) is 0 Å². The van der Waals surface area contributed by atoms with Gasteiger partial charge < -0.3 is 18.9 Å². The van der Waals surface area contributed by atoms with Crippen LogP contribution in [-0.2, 0) is 27.8 Å². The summed E-state index contributed by atoms with van der Waals surface area (Å²) in [6.45, 7) is 3.33. The molecule has 0 N–H and O–H groups in total. The molecule has 1 aromatic carbocycles. The molecule has 0 radical (unpaired) electrons. The van der Waals surface area contributed by atoms with Gasteiger partial charge in [0.25, 0.3) is 0 Å². The van der Waals surface area contributed by atoms with E-state index in [9.17, 15) is 4.21 Å². The molecule has 0 amide bonds. The van der Waals surface area contributed by atoms with Crippen LogP contribution < -0.4 is 9.64 Å². The van der Waals surface area contributed by atoms with Crippen molar-refractivity contribution in [3.05, 3.63) is 59.3 Å². The monoisotopic (exact) mass is 447 g/mol. The van der Waals surface area contributed by atoms with Crippen LogP contribution in [0.15, 0.2) is 47.9 Å². The Kier molecular flexibility index (Phi) is 6.61. The molecule has 8 nitrogen and oxygen atoms in total. The molecule has 1 fully saturated rings. The average molecular weight is 448 g/mol. The summed E-state index contributed by atoms with van der Waals surface area (Å²) in [5.41, 5.74) is 1.68. The lowest BCUT2D eigenvalue weighted by molar-refractivity contribution is 0.122. The van der Waals surface area contributed by atoms with E-state index in [-0.39, 0.29) is 11.0 Å². The minimum atomic E-state index is -1.38. The van der Waals surface area contributed by atoms with Gasteiger partial charge in [-0.2, -0.15) is 0 Å². The van der Waals surface area contributed by atoms with Crippen molar-refractivity contribution in [2.45, 2.75) is 17.5 Å². The summed E-state index contributed by atoms with van der Waals surface area (Å²) in [6, 6.07) is 9.60. The standard InChI is InChI=1S/C20H22ClN5O3S/c1-28-17-4-2-15(3-5-17)13-26-7-6-22-20(26)30(27)14-16-12-18(24-19(21)23-16)25-8-10-29-11-9-25/h2-7,12H,8-11,13-14H2,1H3.